The second kappa shape index (κ2) is 5.08. The van der Waals surface area contributed by atoms with Crippen LogP contribution in [-0.2, 0) is 16.4 Å². The molecule has 104 valence electrons. The summed E-state index contributed by atoms with van der Waals surface area (Å²) in [6, 6.07) is 3.40. The molecule has 2 rings (SSSR count). The number of amidine groups is 1. The smallest absolute Gasteiger partial charge is 0.229 e. The Kier molecular flexibility index (Phi) is 3.66. The van der Waals surface area contributed by atoms with E-state index in [1.807, 2.05) is 6.07 Å². The predicted molar refractivity (Wildman–Crippen MR) is 75.3 cm³/mol. The Morgan fingerprint density at radius 3 is 2.74 bits per heavy atom. The fourth-order valence-corrected chi connectivity index (χ4v) is 2.66. The molecule has 0 bridgehead atoms. The number of sulfonamides is 1. The zero-order valence-corrected chi connectivity index (χ0v) is 11.7. The minimum absolute atomic E-state index is 0.0704. The van der Waals surface area contributed by atoms with Gasteiger partial charge in [-0.2, -0.15) is 0 Å². The molecule has 0 saturated carbocycles. The van der Waals surface area contributed by atoms with Crippen LogP contribution in [-0.4, -0.2) is 38.7 Å². The van der Waals surface area contributed by atoms with Crippen LogP contribution in [0.2, 0.25) is 0 Å². The molecule has 0 amide bonds. The lowest BCUT2D eigenvalue weighted by Gasteiger charge is -2.12. The first-order valence-corrected chi connectivity index (χ1v) is 7.82. The molecule has 7 heteroatoms. The fraction of sp³-hybridized carbons (Fsp3) is 0.417. The van der Waals surface area contributed by atoms with Crippen molar-refractivity contribution in [3.05, 3.63) is 23.3 Å². The van der Waals surface area contributed by atoms with Gasteiger partial charge in [-0.3, -0.25) is 9.71 Å². The molecule has 1 aliphatic heterocycles. The van der Waals surface area contributed by atoms with Gasteiger partial charge in [0, 0.05) is 13.0 Å². The first-order chi connectivity index (χ1) is 8.85. The van der Waals surface area contributed by atoms with E-state index in [2.05, 4.69) is 15.0 Å². The quantitative estimate of drug-likeness (QED) is 0.706. The highest BCUT2D eigenvalue weighted by Gasteiger charge is 2.13. The van der Waals surface area contributed by atoms with Gasteiger partial charge in [0.05, 0.1) is 18.5 Å². The van der Waals surface area contributed by atoms with E-state index >= 15 is 0 Å². The molecule has 6 nitrogen and oxygen atoms in total. The molecule has 0 atom stereocenters. The van der Waals surface area contributed by atoms with Gasteiger partial charge < -0.3 is 10.4 Å². The third-order valence-electron chi connectivity index (χ3n) is 2.78. The number of hydrogen-bond acceptors (Lipinski definition) is 5. The molecule has 1 heterocycles. The van der Waals surface area contributed by atoms with Crippen LogP contribution in [0.1, 0.15) is 11.1 Å². The molecular weight excluding hydrogens is 266 g/mol. The summed E-state index contributed by atoms with van der Waals surface area (Å²) in [6.45, 7) is 3.36. The lowest BCUT2D eigenvalue weighted by Crippen LogP contribution is -2.20. The molecule has 1 aromatic carbocycles. The second-order valence-corrected chi connectivity index (χ2v) is 6.36. The summed E-state index contributed by atoms with van der Waals surface area (Å²) in [6.07, 6.45) is 1.66. The van der Waals surface area contributed by atoms with Gasteiger partial charge in [0.25, 0.3) is 0 Å². The number of nitrogens with one attached hydrogen (secondary N) is 2. The average Bonchev–Trinajstić information content (AvgIpc) is 2.75. The average molecular weight is 283 g/mol. The van der Waals surface area contributed by atoms with Crippen LogP contribution in [0.4, 0.5) is 5.69 Å². The monoisotopic (exact) mass is 283 g/mol. The molecule has 0 aromatic heterocycles. The van der Waals surface area contributed by atoms with Crippen molar-refractivity contribution in [2.75, 3.05) is 24.1 Å². The Morgan fingerprint density at radius 2 is 2.21 bits per heavy atom. The van der Waals surface area contributed by atoms with Gasteiger partial charge in [-0.05, 0) is 24.1 Å². The number of aromatic hydroxyl groups is 1. The van der Waals surface area contributed by atoms with E-state index in [4.69, 9.17) is 0 Å². The van der Waals surface area contributed by atoms with Crippen LogP contribution in [0, 0.1) is 6.92 Å². The van der Waals surface area contributed by atoms with Crippen molar-refractivity contribution in [2.24, 2.45) is 4.99 Å². The SMILES string of the molecule is Cc1cc(CC2=NCCN2)cc(O)c1NS(C)(=O)=O. The third kappa shape index (κ3) is 3.60. The number of nitrogens with zero attached hydrogens (tertiary/aromatic N) is 1. The van der Waals surface area contributed by atoms with E-state index in [1.54, 1.807) is 13.0 Å². The van der Waals surface area contributed by atoms with Crippen molar-refractivity contribution in [1.29, 1.82) is 0 Å². The van der Waals surface area contributed by atoms with E-state index in [0.29, 0.717) is 12.0 Å². The van der Waals surface area contributed by atoms with Gasteiger partial charge >= 0.3 is 0 Å². The lowest BCUT2D eigenvalue weighted by atomic mass is 10.1. The highest BCUT2D eigenvalue weighted by atomic mass is 32.2. The Balaban J connectivity index is 2.25. The number of hydrogen-bond donors (Lipinski definition) is 3. The highest BCUT2D eigenvalue weighted by Crippen LogP contribution is 2.29. The standard InChI is InChI=1S/C12H17N3O3S/c1-8-5-9(7-11-13-3-4-14-11)6-10(16)12(8)15-19(2,17)18/h5-6,15-16H,3-4,7H2,1-2H3,(H,13,14). The van der Waals surface area contributed by atoms with Gasteiger partial charge in [-0.25, -0.2) is 8.42 Å². The molecule has 1 aromatic rings. The Hall–Kier alpha value is -1.76. The molecule has 1 aliphatic rings. The molecule has 0 saturated heterocycles. The first-order valence-electron chi connectivity index (χ1n) is 5.92. The zero-order chi connectivity index (χ0) is 14.0. The summed E-state index contributed by atoms with van der Waals surface area (Å²) in [5.41, 5.74) is 1.80. The van der Waals surface area contributed by atoms with Crippen molar-refractivity contribution in [2.45, 2.75) is 13.3 Å². The zero-order valence-electron chi connectivity index (χ0n) is 10.9. The van der Waals surface area contributed by atoms with Gasteiger partial charge in [-0.1, -0.05) is 6.07 Å². The first kappa shape index (κ1) is 13.7. The van der Waals surface area contributed by atoms with Crippen molar-refractivity contribution >= 4 is 21.5 Å². The van der Waals surface area contributed by atoms with Gasteiger partial charge in [0.1, 0.15) is 11.6 Å². The molecule has 3 N–H and O–H groups in total. The molecule has 0 radical (unpaired) electrons. The molecule has 0 spiro atoms. The Labute approximate surface area is 112 Å². The van der Waals surface area contributed by atoms with Crippen LogP contribution >= 0.6 is 0 Å². The van der Waals surface area contributed by atoms with Crippen LogP contribution in [0.3, 0.4) is 0 Å². The number of phenols is 1. The van der Waals surface area contributed by atoms with Gasteiger partial charge in [0.15, 0.2) is 0 Å². The van der Waals surface area contributed by atoms with Crippen LogP contribution < -0.4 is 10.0 Å². The minimum Gasteiger partial charge on any atom is -0.506 e. The molecular formula is C12H17N3O3S. The molecule has 0 aliphatic carbocycles. The van der Waals surface area contributed by atoms with E-state index in [-0.39, 0.29) is 11.4 Å². The third-order valence-corrected chi connectivity index (χ3v) is 3.35. The summed E-state index contributed by atoms with van der Waals surface area (Å²) in [5.74, 6) is 0.821. The molecule has 0 unspecified atom stereocenters. The van der Waals surface area contributed by atoms with Crippen molar-refractivity contribution in [3.63, 3.8) is 0 Å². The number of phenolic OH excluding ortho intramolecular Hbond substituents is 1. The number of benzene rings is 1. The summed E-state index contributed by atoms with van der Waals surface area (Å²) >= 11 is 0. The van der Waals surface area contributed by atoms with Crippen molar-refractivity contribution in [3.8, 4) is 5.75 Å². The maximum Gasteiger partial charge on any atom is 0.229 e. The second-order valence-electron chi connectivity index (χ2n) is 4.61. The summed E-state index contributed by atoms with van der Waals surface area (Å²) in [5, 5.41) is 13.1. The van der Waals surface area contributed by atoms with E-state index in [1.165, 1.54) is 0 Å². The Morgan fingerprint density at radius 1 is 1.47 bits per heavy atom. The summed E-state index contributed by atoms with van der Waals surface area (Å²) in [7, 11) is -3.40. The molecule has 0 fully saturated rings. The van der Waals surface area contributed by atoms with Crippen LogP contribution in [0.5, 0.6) is 5.75 Å². The fourth-order valence-electron chi connectivity index (χ4n) is 2.02. The largest absolute Gasteiger partial charge is 0.506 e. The van der Waals surface area contributed by atoms with Crippen molar-refractivity contribution < 1.29 is 13.5 Å². The summed E-state index contributed by atoms with van der Waals surface area (Å²) in [4.78, 5) is 4.28. The van der Waals surface area contributed by atoms with Gasteiger partial charge in [-0.15, -0.1) is 0 Å². The van der Waals surface area contributed by atoms with E-state index in [9.17, 15) is 13.5 Å². The maximum absolute atomic E-state index is 11.2. The number of anilines is 1. The topological polar surface area (TPSA) is 90.8 Å². The van der Waals surface area contributed by atoms with Crippen LogP contribution in [0.15, 0.2) is 17.1 Å². The summed E-state index contributed by atoms with van der Waals surface area (Å²) < 4.78 is 24.7. The number of aliphatic imine (C=N–C) groups is 1. The minimum atomic E-state index is -3.40. The van der Waals surface area contributed by atoms with Gasteiger partial charge in [0.2, 0.25) is 10.0 Å². The van der Waals surface area contributed by atoms with E-state index < -0.39 is 10.0 Å². The predicted octanol–water partition coefficient (Wildman–Crippen LogP) is 0.616. The van der Waals surface area contributed by atoms with E-state index in [0.717, 1.165) is 30.7 Å². The maximum atomic E-state index is 11.2. The molecule has 19 heavy (non-hydrogen) atoms. The highest BCUT2D eigenvalue weighted by molar-refractivity contribution is 7.92. The van der Waals surface area contributed by atoms with Crippen molar-refractivity contribution in [1.82, 2.24) is 5.32 Å². The normalized spacial score (nSPS) is 14.9. The number of aryl methyl sites for hydroxylation is 1. The van der Waals surface area contributed by atoms with Crippen LogP contribution in [0.25, 0.3) is 0 Å². The Bertz CT molecular complexity index is 600. The number of rotatable bonds is 4. The lowest BCUT2D eigenvalue weighted by molar-refractivity contribution is 0.476.